The van der Waals surface area contributed by atoms with Gasteiger partial charge in [0, 0.05) is 25.6 Å². The fraction of sp³-hybridized carbons (Fsp3) is 0.533. The molecule has 0 aromatic heterocycles. The third kappa shape index (κ3) is 5.44. The maximum atomic E-state index is 13.6. The fourth-order valence-corrected chi connectivity index (χ4v) is 5.93. The number of fused-ring (bicyclic) bond motifs is 1. The van der Waals surface area contributed by atoms with Gasteiger partial charge in [-0.1, -0.05) is 48.7 Å². The summed E-state index contributed by atoms with van der Waals surface area (Å²) in [6.07, 6.45) is 6.59. The van der Waals surface area contributed by atoms with Crippen LogP contribution in [-0.2, 0) is 20.7 Å². The summed E-state index contributed by atoms with van der Waals surface area (Å²) in [5.41, 5.74) is 4.64. The number of rotatable bonds is 7. The molecule has 0 spiro atoms. The lowest BCUT2D eigenvalue weighted by Crippen LogP contribution is -2.43. The Balaban J connectivity index is 1.38. The van der Waals surface area contributed by atoms with Gasteiger partial charge in [-0.15, -0.1) is 0 Å². The predicted molar refractivity (Wildman–Crippen MR) is 139 cm³/mol. The van der Waals surface area contributed by atoms with Gasteiger partial charge in [-0.3, -0.25) is 9.59 Å². The van der Waals surface area contributed by atoms with E-state index in [9.17, 15) is 9.59 Å². The van der Waals surface area contributed by atoms with Crippen molar-refractivity contribution < 1.29 is 19.1 Å². The van der Waals surface area contributed by atoms with E-state index in [1.807, 2.05) is 12.1 Å². The van der Waals surface area contributed by atoms with Crippen molar-refractivity contribution in [2.24, 2.45) is 5.92 Å². The van der Waals surface area contributed by atoms with Gasteiger partial charge in [0.1, 0.15) is 5.75 Å². The molecule has 3 atom stereocenters. The number of ether oxygens (including phenoxy) is 2. The molecule has 3 unspecified atom stereocenters. The molecule has 2 aromatic rings. The zero-order chi connectivity index (χ0) is 25.1. The standard InChI is InChI=1S/C30H38N2O4/c1-20-7-5-10-24(17-20)28-27-18-25(36-21(2)29(33)31-19-26-11-6-16-35-26)13-12-22(27)14-15-32(28)30(34)23-8-3-4-9-23/h5,7,10,12-13,17-18,21,23,26,28H,3-4,6,8-9,11,14-16,19H2,1-2H3,(H,31,33). The summed E-state index contributed by atoms with van der Waals surface area (Å²) < 4.78 is 11.7. The number of aryl methyl sites for hydroxylation is 1. The topological polar surface area (TPSA) is 67.9 Å². The van der Waals surface area contributed by atoms with Crippen molar-refractivity contribution in [3.8, 4) is 5.75 Å². The molecular weight excluding hydrogens is 452 g/mol. The van der Waals surface area contributed by atoms with Crippen molar-refractivity contribution in [1.29, 1.82) is 0 Å². The molecular formula is C30H38N2O4. The van der Waals surface area contributed by atoms with E-state index in [1.165, 1.54) is 11.1 Å². The molecule has 36 heavy (non-hydrogen) atoms. The number of amides is 2. The summed E-state index contributed by atoms with van der Waals surface area (Å²) in [4.78, 5) is 28.4. The molecule has 2 fully saturated rings. The monoisotopic (exact) mass is 490 g/mol. The molecule has 5 rings (SSSR count). The van der Waals surface area contributed by atoms with Crippen molar-refractivity contribution in [3.05, 3.63) is 64.7 Å². The third-order valence-electron chi connectivity index (χ3n) is 7.90. The van der Waals surface area contributed by atoms with E-state index in [1.54, 1.807) is 6.92 Å². The second-order valence-electron chi connectivity index (χ2n) is 10.6. The molecule has 2 aromatic carbocycles. The van der Waals surface area contributed by atoms with Crippen LogP contribution in [-0.4, -0.2) is 48.6 Å². The highest BCUT2D eigenvalue weighted by Gasteiger charge is 2.36. The Hall–Kier alpha value is -2.86. The van der Waals surface area contributed by atoms with Gasteiger partial charge in [-0.05, 0) is 74.8 Å². The number of hydrogen-bond donors (Lipinski definition) is 1. The number of carbonyl (C=O) groups is 2. The first-order chi connectivity index (χ1) is 17.5. The average molecular weight is 491 g/mol. The summed E-state index contributed by atoms with van der Waals surface area (Å²) in [5, 5.41) is 2.96. The third-order valence-corrected chi connectivity index (χ3v) is 7.90. The van der Waals surface area contributed by atoms with Crippen LogP contribution in [0.4, 0.5) is 0 Å². The lowest BCUT2D eigenvalue weighted by Gasteiger charge is -2.39. The van der Waals surface area contributed by atoms with Crippen LogP contribution in [0.15, 0.2) is 42.5 Å². The van der Waals surface area contributed by atoms with Crippen molar-refractivity contribution in [1.82, 2.24) is 10.2 Å². The van der Waals surface area contributed by atoms with Crippen LogP contribution in [0.3, 0.4) is 0 Å². The van der Waals surface area contributed by atoms with Gasteiger partial charge in [-0.25, -0.2) is 0 Å². The van der Waals surface area contributed by atoms with E-state index in [-0.39, 0.29) is 29.9 Å². The lowest BCUT2D eigenvalue weighted by molar-refractivity contribution is -0.137. The highest BCUT2D eigenvalue weighted by atomic mass is 16.5. The molecule has 0 radical (unpaired) electrons. The average Bonchev–Trinajstić information content (AvgIpc) is 3.61. The van der Waals surface area contributed by atoms with E-state index in [4.69, 9.17) is 9.47 Å². The normalized spacial score (nSPS) is 22.8. The summed E-state index contributed by atoms with van der Waals surface area (Å²) in [6.45, 7) is 5.88. The predicted octanol–water partition coefficient (Wildman–Crippen LogP) is 4.72. The number of nitrogens with zero attached hydrogens (tertiary/aromatic N) is 1. The van der Waals surface area contributed by atoms with E-state index >= 15 is 0 Å². The largest absolute Gasteiger partial charge is 0.481 e. The second-order valence-corrected chi connectivity index (χ2v) is 10.6. The number of carbonyl (C=O) groups excluding carboxylic acids is 2. The summed E-state index contributed by atoms with van der Waals surface area (Å²) in [6, 6.07) is 14.4. The first kappa shape index (κ1) is 24.8. The Kier molecular flexibility index (Phi) is 7.61. The molecule has 2 amide bonds. The Morgan fingerprint density at radius 1 is 1.11 bits per heavy atom. The molecule has 0 bridgehead atoms. The molecule has 6 heteroatoms. The zero-order valence-corrected chi connectivity index (χ0v) is 21.5. The molecule has 192 valence electrons. The summed E-state index contributed by atoms with van der Waals surface area (Å²) in [5.74, 6) is 0.918. The zero-order valence-electron chi connectivity index (χ0n) is 21.5. The summed E-state index contributed by atoms with van der Waals surface area (Å²) in [7, 11) is 0. The number of hydrogen-bond acceptors (Lipinski definition) is 4. The first-order valence-electron chi connectivity index (χ1n) is 13.6. The summed E-state index contributed by atoms with van der Waals surface area (Å²) >= 11 is 0. The quantitative estimate of drug-likeness (QED) is 0.610. The Morgan fingerprint density at radius 3 is 2.69 bits per heavy atom. The van der Waals surface area contributed by atoms with Crippen molar-refractivity contribution in [2.75, 3.05) is 19.7 Å². The van der Waals surface area contributed by atoms with Gasteiger partial charge in [0.25, 0.3) is 5.91 Å². The van der Waals surface area contributed by atoms with Crippen molar-refractivity contribution in [2.45, 2.75) is 77.0 Å². The van der Waals surface area contributed by atoms with Crippen LogP contribution < -0.4 is 10.1 Å². The van der Waals surface area contributed by atoms with Crippen LogP contribution in [0.5, 0.6) is 5.75 Å². The number of nitrogens with one attached hydrogen (secondary N) is 1. The minimum Gasteiger partial charge on any atom is -0.481 e. The highest BCUT2D eigenvalue weighted by Crippen LogP contribution is 2.40. The second kappa shape index (κ2) is 11.0. The fourth-order valence-electron chi connectivity index (χ4n) is 5.93. The van der Waals surface area contributed by atoms with Crippen LogP contribution in [0, 0.1) is 12.8 Å². The maximum Gasteiger partial charge on any atom is 0.260 e. The van der Waals surface area contributed by atoms with Gasteiger partial charge in [0.05, 0.1) is 12.1 Å². The van der Waals surface area contributed by atoms with Gasteiger partial charge in [0.15, 0.2) is 6.10 Å². The van der Waals surface area contributed by atoms with Crippen LogP contribution in [0.1, 0.15) is 73.7 Å². The van der Waals surface area contributed by atoms with Crippen LogP contribution in [0.2, 0.25) is 0 Å². The van der Waals surface area contributed by atoms with E-state index in [0.717, 1.165) is 69.2 Å². The smallest absolute Gasteiger partial charge is 0.260 e. The molecule has 1 aliphatic carbocycles. The minimum atomic E-state index is -0.623. The van der Waals surface area contributed by atoms with Gasteiger partial charge < -0.3 is 19.7 Å². The van der Waals surface area contributed by atoms with E-state index in [2.05, 4.69) is 47.5 Å². The molecule has 1 N–H and O–H groups in total. The number of benzene rings is 2. The van der Waals surface area contributed by atoms with Crippen LogP contribution in [0.25, 0.3) is 0 Å². The lowest BCUT2D eigenvalue weighted by atomic mass is 9.86. The maximum absolute atomic E-state index is 13.6. The Morgan fingerprint density at radius 2 is 1.94 bits per heavy atom. The van der Waals surface area contributed by atoms with Crippen molar-refractivity contribution in [3.63, 3.8) is 0 Å². The van der Waals surface area contributed by atoms with Gasteiger partial charge in [0.2, 0.25) is 5.91 Å². The Labute approximate surface area is 214 Å². The molecule has 2 heterocycles. The highest BCUT2D eigenvalue weighted by molar-refractivity contribution is 5.81. The molecule has 1 saturated heterocycles. The molecule has 3 aliphatic rings. The van der Waals surface area contributed by atoms with E-state index < -0.39 is 6.10 Å². The molecule has 1 saturated carbocycles. The first-order valence-corrected chi connectivity index (χ1v) is 13.6. The van der Waals surface area contributed by atoms with Crippen LogP contribution >= 0.6 is 0 Å². The SMILES string of the molecule is Cc1cccc(C2c3cc(OC(C)C(=O)NCC4CCCO4)ccc3CCN2C(=O)C2CCCC2)c1. The Bertz CT molecular complexity index is 1090. The van der Waals surface area contributed by atoms with Gasteiger partial charge in [-0.2, -0.15) is 0 Å². The molecule has 6 nitrogen and oxygen atoms in total. The molecule has 2 aliphatic heterocycles. The van der Waals surface area contributed by atoms with E-state index in [0.29, 0.717) is 12.3 Å². The van der Waals surface area contributed by atoms with Gasteiger partial charge >= 0.3 is 0 Å². The minimum absolute atomic E-state index is 0.100. The van der Waals surface area contributed by atoms with Crippen molar-refractivity contribution >= 4 is 11.8 Å².